The Morgan fingerprint density at radius 2 is 1.92 bits per heavy atom. The van der Waals surface area contributed by atoms with Crippen molar-refractivity contribution in [1.82, 2.24) is 0 Å². The Morgan fingerprint density at radius 1 is 1.35 bits per heavy atom. The molecule has 0 saturated heterocycles. The van der Waals surface area contributed by atoms with E-state index in [1.807, 2.05) is 0 Å². The molecule has 0 aliphatic rings. The fraction of sp³-hybridized carbons (Fsp3) is 0.286. The van der Waals surface area contributed by atoms with E-state index in [9.17, 15) is 31.2 Å². The van der Waals surface area contributed by atoms with Crippen LogP contribution in [-0.2, 0) is 19.6 Å². The molecular weight excluding hydrogens is 496 g/mol. The number of alkyl halides is 3. The van der Waals surface area contributed by atoms with E-state index in [1.165, 1.54) is 19.1 Å². The van der Waals surface area contributed by atoms with Crippen LogP contribution in [0.25, 0.3) is 0 Å². The first-order chi connectivity index (χ1) is 11.7. The molecule has 1 aromatic rings. The lowest BCUT2D eigenvalue weighted by atomic mass is 10.2. The number of esters is 2. The highest BCUT2D eigenvalue weighted by molar-refractivity contribution is 14.1. The average molecular weight is 508 g/mol. The molecule has 0 fully saturated rings. The van der Waals surface area contributed by atoms with Gasteiger partial charge in [0.05, 0.1) is 5.56 Å². The number of carbonyl (C=O) groups is 2. The largest absolute Gasteiger partial charge is 0.448 e. The molecule has 12 heteroatoms. The zero-order valence-corrected chi connectivity index (χ0v) is 16.0. The summed E-state index contributed by atoms with van der Waals surface area (Å²) in [5.74, 6) is -4.31. The molecule has 0 aliphatic carbocycles. The Hall–Kier alpha value is -1.67. The Balaban J connectivity index is 3.11. The Kier molecular flexibility index (Phi) is 7.18. The maximum atomic E-state index is 12.8. The van der Waals surface area contributed by atoms with Crippen LogP contribution in [0.15, 0.2) is 30.4 Å². The molecule has 1 aromatic carbocycles. The third-order valence-electron chi connectivity index (χ3n) is 2.69. The van der Waals surface area contributed by atoms with Crippen molar-refractivity contribution in [2.45, 2.75) is 19.2 Å². The SMILES string of the molecule is C=C(C)C(=O)Oc1ccc(I)c(C(=O)OC(CS(=O)(=O)O)C(F)(F)F)c1. The van der Waals surface area contributed by atoms with Crippen molar-refractivity contribution in [3.8, 4) is 5.75 Å². The average Bonchev–Trinajstić information content (AvgIpc) is 2.45. The van der Waals surface area contributed by atoms with Gasteiger partial charge in [0.15, 0.2) is 0 Å². The van der Waals surface area contributed by atoms with Gasteiger partial charge in [0.1, 0.15) is 11.5 Å². The van der Waals surface area contributed by atoms with E-state index < -0.39 is 40.1 Å². The van der Waals surface area contributed by atoms with Crippen molar-refractivity contribution < 1.29 is 45.2 Å². The molecule has 0 saturated carbocycles. The van der Waals surface area contributed by atoms with E-state index in [1.54, 1.807) is 22.6 Å². The van der Waals surface area contributed by atoms with Gasteiger partial charge in [-0.1, -0.05) is 6.58 Å². The normalized spacial score (nSPS) is 13.0. The van der Waals surface area contributed by atoms with Gasteiger partial charge in [0.2, 0.25) is 6.10 Å². The molecular formula is C14H12F3IO7S. The summed E-state index contributed by atoms with van der Waals surface area (Å²) in [6, 6.07) is 3.54. The third-order valence-corrected chi connectivity index (χ3v) is 4.36. The van der Waals surface area contributed by atoms with Crippen LogP contribution in [0.3, 0.4) is 0 Å². The zero-order chi connectivity index (χ0) is 20.3. The second-order valence-corrected chi connectivity index (χ2v) is 7.65. The van der Waals surface area contributed by atoms with E-state index in [0.717, 1.165) is 6.07 Å². The van der Waals surface area contributed by atoms with Gasteiger partial charge in [-0.15, -0.1) is 0 Å². The summed E-state index contributed by atoms with van der Waals surface area (Å²) in [4.78, 5) is 23.5. The Bertz CT molecular complexity index is 833. The zero-order valence-electron chi connectivity index (χ0n) is 13.0. The van der Waals surface area contributed by atoms with Crippen LogP contribution in [-0.4, -0.2) is 42.9 Å². The number of hydrogen-bond donors (Lipinski definition) is 1. The number of carbonyl (C=O) groups excluding carboxylic acids is 2. The first-order valence-corrected chi connectivity index (χ1v) is 9.29. The number of benzene rings is 1. The van der Waals surface area contributed by atoms with Gasteiger partial charge >= 0.3 is 18.1 Å². The Morgan fingerprint density at radius 3 is 2.38 bits per heavy atom. The van der Waals surface area contributed by atoms with Crippen LogP contribution < -0.4 is 4.74 Å². The minimum Gasteiger partial charge on any atom is -0.448 e. The summed E-state index contributed by atoms with van der Waals surface area (Å²) in [7, 11) is -5.06. The van der Waals surface area contributed by atoms with Crippen molar-refractivity contribution in [1.29, 1.82) is 0 Å². The van der Waals surface area contributed by atoms with Crippen LogP contribution in [0.5, 0.6) is 5.75 Å². The minimum absolute atomic E-state index is 0.0537. The molecule has 0 heterocycles. The highest BCUT2D eigenvalue weighted by Gasteiger charge is 2.45. The lowest BCUT2D eigenvalue weighted by molar-refractivity contribution is -0.197. The molecule has 1 rings (SSSR count). The molecule has 7 nitrogen and oxygen atoms in total. The van der Waals surface area contributed by atoms with Crippen LogP contribution in [0.1, 0.15) is 17.3 Å². The fourth-order valence-electron chi connectivity index (χ4n) is 1.50. The molecule has 0 radical (unpaired) electrons. The monoisotopic (exact) mass is 508 g/mol. The smallest absolute Gasteiger partial charge is 0.426 e. The second-order valence-electron chi connectivity index (χ2n) is 5.00. The molecule has 1 unspecified atom stereocenters. The highest BCUT2D eigenvalue weighted by Crippen LogP contribution is 2.27. The lowest BCUT2D eigenvalue weighted by Gasteiger charge is -2.19. The molecule has 0 aliphatic heterocycles. The summed E-state index contributed by atoms with van der Waals surface area (Å²) in [5, 5.41) is 0. The van der Waals surface area contributed by atoms with Gasteiger partial charge in [-0.2, -0.15) is 21.6 Å². The molecule has 1 atom stereocenters. The summed E-state index contributed by atoms with van der Waals surface area (Å²) in [6.07, 6.45) is -8.29. The molecule has 144 valence electrons. The maximum Gasteiger partial charge on any atom is 0.426 e. The van der Waals surface area contributed by atoms with E-state index >= 15 is 0 Å². The van der Waals surface area contributed by atoms with Gasteiger partial charge in [0, 0.05) is 9.14 Å². The number of halogens is 4. The van der Waals surface area contributed by atoms with E-state index in [2.05, 4.69) is 11.3 Å². The summed E-state index contributed by atoms with van der Waals surface area (Å²) in [5.41, 5.74) is -0.333. The van der Waals surface area contributed by atoms with Crippen LogP contribution >= 0.6 is 22.6 Å². The van der Waals surface area contributed by atoms with Crippen molar-refractivity contribution in [3.05, 3.63) is 39.5 Å². The molecule has 1 N–H and O–H groups in total. The predicted octanol–water partition coefficient (Wildman–Crippen LogP) is 2.75. The third kappa shape index (κ3) is 6.92. The maximum absolute atomic E-state index is 12.8. The van der Waals surface area contributed by atoms with Gasteiger partial charge in [0.25, 0.3) is 10.1 Å². The molecule has 0 bridgehead atoms. The van der Waals surface area contributed by atoms with Crippen molar-refractivity contribution in [3.63, 3.8) is 0 Å². The highest BCUT2D eigenvalue weighted by atomic mass is 127. The van der Waals surface area contributed by atoms with E-state index in [-0.39, 0.29) is 20.5 Å². The lowest BCUT2D eigenvalue weighted by Crippen LogP contribution is -2.39. The van der Waals surface area contributed by atoms with Crippen LogP contribution in [0.2, 0.25) is 0 Å². The quantitative estimate of drug-likeness (QED) is 0.207. The van der Waals surface area contributed by atoms with Gasteiger partial charge in [-0.05, 0) is 47.7 Å². The number of hydrogen-bond acceptors (Lipinski definition) is 6. The first kappa shape index (κ1) is 22.4. The Labute approximate surface area is 160 Å². The van der Waals surface area contributed by atoms with Crippen molar-refractivity contribution in [2.24, 2.45) is 0 Å². The van der Waals surface area contributed by atoms with Crippen molar-refractivity contribution >= 4 is 44.6 Å². The second kappa shape index (κ2) is 8.35. The molecule has 0 spiro atoms. The standard InChI is InChI=1S/C14H12F3IO7S/c1-7(2)12(19)24-8-3-4-10(18)9(5-8)13(20)25-11(14(15,16)17)6-26(21,22)23/h3-5,11H,1,6H2,2H3,(H,21,22,23). The van der Waals surface area contributed by atoms with Crippen LogP contribution in [0, 0.1) is 3.57 Å². The summed E-state index contributed by atoms with van der Waals surface area (Å²) >= 11 is 1.63. The predicted molar refractivity (Wildman–Crippen MR) is 91.3 cm³/mol. The number of ether oxygens (including phenoxy) is 2. The van der Waals surface area contributed by atoms with Gasteiger partial charge in [-0.3, -0.25) is 4.55 Å². The van der Waals surface area contributed by atoms with Gasteiger partial charge in [-0.25, -0.2) is 9.59 Å². The fourth-order valence-corrected chi connectivity index (χ4v) is 2.69. The minimum atomic E-state index is -5.22. The molecule has 0 aromatic heterocycles. The number of rotatable bonds is 6. The van der Waals surface area contributed by atoms with Crippen molar-refractivity contribution in [2.75, 3.05) is 5.75 Å². The first-order valence-electron chi connectivity index (χ1n) is 6.61. The molecule has 26 heavy (non-hydrogen) atoms. The van der Waals surface area contributed by atoms with Crippen LogP contribution in [0.4, 0.5) is 13.2 Å². The van der Waals surface area contributed by atoms with E-state index in [4.69, 9.17) is 9.29 Å². The van der Waals surface area contributed by atoms with E-state index in [0.29, 0.717) is 0 Å². The summed E-state index contributed by atoms with van der Waals surface area (Å²) in [6.45, 7) is 4.72. The molecule has 0 amide bonds. The topological polar surface area (TPSA) is 107 Å². The van der Waals surface area contributed by atoms with Gasteiger partial charge < -0.3 is 9.47 Å². The summed E-state index contributed by atoms with van der Waals surface area (Å²) < 4.78 is 77.7.